The molecule has 26 heavy (non-hydrogen) atoms. The zero-order valence-electron chi connectivity index (χ0n) is 15.5. The van der Waals surface area contributed by atoms with E-state index in [9.17, 15) is 4.79 Å². The molecular formula is C20H23N3O2S. The summed E-state index contributed by atoms with van der Waals surface area (Å²) >= 11 is 1.44. The summed E-state index contributed by atoms with van der Waals surface area (Å²) in [5, 5.41) is 0.811. The van der Waals surface area contributed by atoms with Crippen LogP contribution >= 0.6 is 11.8 Å². The standard InChI is InChI=1S/C20H23N3O2S/c1-14-9-15(2)11-17(10-14)23-8-7-21-20(23)26-13-19(24)22(4)12-18-6-5-16(3)25-18/h5-11H,12-13H2,1-4H3. The van der Waals surface area contributed by atoms with Crippen LogP contribution in [0.2, 0.25) is 0 Å². The van der Waals surface area contributed by atoms with Crippen LogP contribution in [0.4, 0.5) is 0 Å². The fraction of sp³-hybridized carbons (Fsp3) is 0.300. The summed E-state index contributed by atoms with van der Waals surface area (Å²) in [6.45, 7) is 6.52. The van der Waals surface area contributed by atoms with E-state index in [1.54, 1.807) is 18.1 Å². The third-order valence-electron chi connectivity index (χ3n) is 4.03. The Morgan fingerprint density at radius 1 is 1.19 bits per heavy atom. The van der Waals surface area contributed by atoms with Crippen molar-refractivity contribution >= 4 is 17.7 Å². The van der Waals surface area contributed by atoms with E-state index >= 15 is 0 Å². The van der Waals surface area contributed by atoms with E-state index in [2.05, 4.69) is 37.0 Å². The molecule has 2 aromatic heterocycles. The monoisotopic (exact) mass is 369 g/mol. The number of aryl methyl sites for hydroxylation is 3. The van der Waals surface area contributed by atoms with Gasteiger partial charge in [-0.1, -0.05) is 17.8 Å². The van der Waals surface area contributed by atoms with Crippen molar-refractivity contribution in [1.29, 1.82) is 0 Å². The maximum Gasteiger partial charge on any atom is 0.233 e. The Hall–Kier alpha value is -2.47. The van der Waals surface area contributed by atoms with E-state index in [-0.39, 0.29) is 5.91 Å². The second kappa shape index (κ2) is 7.83. The van der Waals surface area contributed by atoms with Gasteiger partial charge < -0.3 is 9.32 Å². The van der Waals surface area contributed by atoms with Gasteiger partial charge in [0.05, 0.1) is 12.3 Å². The van der Waals surface area contributed by atoms with Gasteiger partial charge in [0, 0.05) is 25.1 Å². The molecule has 0 fully saturated rings. The first-order valence-corrected chi connectivity index (χ1v) is 9.45. The van der Waals surface area contributed by atoms with Crippen LogP contribution < -0.4 is 0 Å². The molecule has 6 heteroatoms. The van der Waals surface area contributed by atoms with Gasteiger partial charge in [0.15, 0.2) is 5.16 Å². The average Bonchev–Trinajstić information content (AvgIpc) is 3.20. The largest absolute Gasteiger partial charge is 0.464 e. The minimum Gasteiger partial charge on any atom is -0.464 e. The minimum absolute atomic E-state index is 0.0408. The lowest BCUT2D eigenvalue weighted by Crippen LogP contribution is -2.27. The molecule has 0 unspecified atom stereocenters. The Kier molecular flexibility index (Phi) is 5.52. The molecule has 0 saturated carbocycles. The lowest BCUT2D eigenvalue weighted by Gasteiger charge is -2.15. The van der Waals surface area contributed by atoms with Gasteiger partial charge in [-0.2, -0.15) is 0 Å². The highest BCUT2D eigenvalue weighted by Gasteiger charge is 2.14. The van der Waals surface area contributed by atoms with Crippen molar-refractivity contribution in [3.05, 3.63) is 65.4 Å². The Labute approximate surface area is 158 Å². The summed E-state index contributed by atoms with van der Waals surface area (Å²) in [4.78, 5) is 18.5. The molecule has 0 radical (unpaired) electrons. The number of hydrogen-bond acceptors (Lipinski definition) is 4. The van der Waals surface area contributed by atoms with Crippen LogP contribution in [0.25, 0.3) is 5.69 Å². The Morgan fingerprint density at radius 3 is 2.58 bits per heavy atom. The predicted octanol–water partition coefficient (Wildman–Crippen LogP) is 4.14. The predicted molar refractivity (Wildman–Crippen MR) is 104 cm³/mol. The van der Waals surface area contributed by atoms with E-state index in [0.717, 1.165) is 22.4 Å². The van der Waals surface area contributed by atoms with Crippen LogP contribution in [0.5, 0.6) is 0 Å². The molecule has 0 aliphatic carbocycles. The molecule has 5 nitrogen and oxygen atoms in total. The maximum atomic E-state index is 12.4. The van der Waals surface area contributed by atoms with Crippen molar-refractivity contribution in [3.8, 4) is 5.69 Å². The molecule has 0 N–H and O–H groups in total. The normalized spacial score (nSPS) is 10.9. The third-order valence-corrected chi connectivity index (χ3v) is 4.98. The number of benzene rings is 1. The molecule has 0 bridgehead atoms. The van der Waals surface area contributed by atoms with Crippen LogP contribution in [0.1, 0.15) is 22.6 Å². The van der Waals surface area contributed by atoms with E-state index in [1.165, 1.54) is 22.9 Å². The van der Waals surface area contributed by atoms with E-state index in [4.69, 9.17) is 4.42 Å². The topological polar surface area (TPSA) is 51.3 Å². The number of aromatic nitrogens is 2. The van der Waals surface area contributed by atoms with Crippen molar-refractivity contribution in [3.63, 3.8) is 0 Å². The quantitative estimate of drug-likeness (QED) is 0.613. The van der Waals surface area contributed by atoms with Crippen LogP contribution in [-0.2, 0) is 11.3 Å². The zero-order chi connectivity index (χ0) is 18.7. The first-order chi connectivity index (χ1) is 12.4. The lowest BCUT2D eigenvalue weighted by atomic mass is 10.1. The Morgan fingerprint density at radius 2 is 1.92 bits per heavy atom. The first-order valence-electron chi connectivity index (χ1n) is 8.46. The number of imidazole rings is 1. The summed E-state index contributed by atoms with van der Waals surface area (Å²) in [7, 11) is 1.79. The number of furan rings is 1. The van der Waals surface area contributed by atoms with E-state index in [0.29, 0.717) is 12.3 Å². The second-order valence-electron chi connectivity index (χ2n) is 6.48. The number of amides is 1. The zero-order valence-corrected chi connectivity index (χ0v) is 16.3. The average molecular weight is 369 g/mol. The van der Waals surface area contributed by atoms with Crippen LogP contribution in [0.3, 0.4) is 0 Å². The maximum absolute atomic E-state index is 12.4. The fourth-order valence-corrected chi connectivity index (χ4v) is 3.72. The van der Waals surface area contributed by atoms with Gasteiger partial charge in [-0.05, 0) is 56.2 Å². The lowest BCUT2D eigenvalue weighted by molar-refractivity contribution is -0.127. The Bertz CT molecular complexity index is 893. The number of carbonyl (C=O) groups is 1. The van der Waals surface area contributed by atoms with Gasteiger partial charge in [0.2, 0.25) is 5.91 Å². The van der Waals surface area contributed by atoms with E-state index in [1.807, 2.05) is 29.8 Å². The molecule has 0 spiro atoms. The van der Waals surface area contributed by atoms with Crippen molar-refractivity contribution in [2.45, 2.75) is 32.5 Å². The van der Waals surface area contributed by atoms with Crippen molar-refractivity contribution in [2.75, 3.05) is 12.8 Å². The van der Waals surface area contributed by atoms with Gasteiger partial charge >= 0.3 is 0 Å². The van der Waals surface area contributed by atoms with Crippen molar-refractivity contribution < 1.29 is 9.21 Å². The minimum atomic E-state index is 0.0408. The van der Waals surface area contributed by atoms with Crippen molar-refractivity contribution in [2.24, 2.45) is 0 Å². The smallest absolute Gasteiger partial charge is 0.233 e. The molecule has 0 aliphatic heterocycles. The summed E-state index contributed by atoms with van der Waals surface area (Å²) in [6, 6.07) is 10.2. The molecule has 3 rings (SSSR count). The number of thioether (sulfide) groups is 1. The van der Waals surface area contributed by atoms with Crippen LogP contribution in [-0.4, -0.2) is 33.2 Å². The van der Waals surface area contributed by atoms with Crippen molar-refractivity contribution in [1.82, 2.24) is 14.5 Å². The highest BCUT2D eigenvalue weighted by atomic mass is 32.2. The molecule has 136 valence electrons. The first kappa shape index (κ1) is 18.3. The highest BCUT2D eigenvalue weighted by molar-refractivity contribution is 7.99. The van der Waals surface area contributed by atoms with Gasteiger partial charge in [-0.25, -0.2) is 4.98 Å². The molecule has 1 amide bonds. The molecule has 0 atom stereocenters. The molecule has 0 aliphatic rings. The molecule has 0 saturated heterocycles. The molecule has 2 heterocycles. The Balaban J connectivity index is 1.65. The van der Waals surface area contributed by atoms with Gasteiger partial charge in [-0.3, -0.25) is 9.36 Å². The summed E-state index contributed by atoms with van der Waals surface area (Å²) in [5.74, 6) is 2.02. The SMILES string of the molecule is Cc1cc(C)cc(-n2ccnc2SCC(=O)N(C)Cc2ccc(C)o2)c1. The number of hydrogen-bond donors (Lipinski definition) is 0. The van der Waals surface area contributed by atoms with Gasteiger partial charge in [-0.15, -0.1) is 0 Å². The molecule has 1 aromatic carbocycles. The van der Waals surface area contributed by atoms with E-state index < -0.39 is 0 Å². The third kappa shape index (κ3) is 4.38. The summed E-state index contributed by atoms with van der Waals surface area (Å²) < 4.78 is 7.56. The summed E-state index contributed by atoms with van der Waals surface area (Å²) in [6.07, 6.45) is 3.69. The summed E-state index contributed by atoms with van der Waals surface area (Å²) in [5.41, 5.74) is 3.47. The molecule has 3 aromatic rings. The van der Waals surface area contributed by atoms with Crippen LogP contribution in [0.15, 0.2) is 52.3 Å². The highest BCUT2D eigenvalue weighted by Crippen LogP contribution is 2.22. The van der Waals surface area contributed by atoms with Crippen LogP contribution in [0, 0.1) is 20.8 Å². The number of nitrogens with zero attached hydrogens (tertiary/aromatic N) is 3. The van der Waals surface area contributed by atoms with Gasteiger partial charge in [0.1, 0.15) is 11.5 Å². The second-order valence-corrected chi connectivity index (χ2v) is 7.42. The number of carbonyl (C=O) groups excluding carboxylic acids is 1. The molecular weight excluding hydrogens is 346 g/mol. The number of rotatable bonds is 6. The van der Waals surface area contributed by atoms with Gasteiger partial charge in [0.25, 0.3) is 0 Å². The fourth-order valence-electron chi connectivity index (χ4n) is 2.81.